The van der Waals surface area contributed by atoms with Gasteiger partial charge in [0.25, 0.3) is 5.69 Å². The first kappa shape index (κ1) is 23.1. The molecule has 29 heavy (non-hydrogen) atoms. The number of likely N-dealkylation sites (N-methyl/N-ethyl adjacent to an activating group) is 1. The molecule has 2 rings (SSSR count). The Hall–Kier alpha value is -2.23. The summed E-state index contributed by atoms with van der Waals surface area (Å²) in [5, 5.41) is 26.9. The van der Waals surface area contributed by atoms with Crippen LogP contribution in [0.2, 0.25) is 0 Å². The lowest BCUT2D eigenvalue weighted by Gasteiger charge is -2.33. The van der Waals surface area contributed by atoms with Crippen molar-refractivity contribution in [1.29, 1.82) is 0 Å². The average molecular weight is 408 g/mol. The summed E-state index contributed by atoms with van der Waals surface area (Å²) in [6.07, 6.45) is 2.51. The standard InChI is InChI=1S/C20H32N4O5/c1-15(25)17-8-7-16(14-19(17)24(27)28)29-13-5-3-4-6-18(20(26)21-2)23-11-9-22-10-12-23/h7-8,14-15,18,22,25H,3-6,9-13H2,1-2H3,(H,21,26). The normalized spacial score (nSPS) is 16.8. The monoisotopic (exact) mass is 408 g/mol. The highest BCUT2D eigenvalue weighted by Gasteiger charge is 2.25. The maximum absolute atomic E-state index is 12.2. The Morgan fingerprint density at radius 1 is 1.34 bits per heavy atom. The maximum Gasteiger partial charge on any atom is 0.278 e. The number of aliphatic hydroxyl groups is 1. The fraction of sp³-hybridized carbons (Fsp3) is 0.650. The summed E-state index contributed by atoms with van der Waals surface area (Å²) < 4.78 is 5.64. The Morgan fingerprint density at radius 2 is 2.07 bits per heavy atom. The highest BCUT2D eigenvalue weighted by molar-refractivity contribution is 5.81. The molecule has 1 aliphatic rings. The number of hydrogen-bond donors (Lipinski definition) is 3. The van der Waals surface area contributed by atoms with Crippen LogP contribution in [0.5, 0.6) is 5.75 Å². The van der Waals surface area contributed by atoms with Gasteiger partial charge in [0.05, 0.1) is 35.3 Å². The van der Waals surface area contributed by atoms with E-state index in [0.717, 1.165) is 51.9 Å². The van der Waals surface area contributed by atoms with Gasteiger partial charge in [-0.15, -0.1) is 0 Å². The maximum atomic E-state index is 12.2. The summed E-state index contributed by atoms with van der Waals surface area (Å²) >= 11 is 0. The molecule has 1 saturated heterocycles. The molecule has 2 atom stereocenters. The first-order valence-corrected chi connectivity index (χ1v) is 10.2. The summed E-state index contributed by atoms with van der Waals surface area (Å²) in [7, 11) is 1.67. The smallest absolute Gasteiger partial charge is 0.278 e. The zero-order valence-electron chi connectivity index (χ0n) is 17.2. The summed E-state index contributed by atoms with van der Waals surface area (Å²) in [6, 6.07) is 4.42. The lowest BCUT2D eigenvalue weighted by atomic mass is 10.1. The second kappa shape index (κ2) is 11.7. The van der Waals surface area contributed by atoms with Crippen LogP contribution in [0.4, 0.5) is 5.69 Å². The van der Waals surface area contributed by atoms with E-state index in [0.29, 0.717) is 12.4 Å². The van der Waals surface area contributed by atoms with E-state index in [4.69, 9.17) is 4.74 Å². The van der Waals surface area contributed by atoms with Crippen LogP contribution in [-0.4, -0.2) is 66.7 Å². The zero-order valence-corrected chi connectivity index (χ0v) is 17.2. The van der Waals surface area contributed by atoms with Gasteiger partial charge in [0.2, 0.25) is 5.91 Å². The van der Waals surface area contributed by atoms with Crippen LogP contribution in [0.1, 0.15) is 44.3 Å². The molecule has 0 aliphatic carbocycles. The third-order valence-corrected chi connectivity index (χ3v) is 5.18. The quantitative estimate of drug-likeness (QED) is 0.289. The largest absolute Gasteiger partial charge is 0.493 e. The highest BCUT2D eigenvalue weighted by atomic mass is 16.6. The van der Waals surface area contributed by atoms with E-state index in [1.54, 1.807) is 13.1 Å². The van der Waals surface area contributed by atoms with E-state index in [1.807, 2.05) is 0 Å². The Morgan fingerprint density at radius 3 is 2.69 bits per heavy atom. The van der Waals surface area contributed by atoms with E-state index in [1.165, 1.54) is 19.1 Å². The van der Waals surface area contributed by atoms with Crippen molar-refractivity contribution in [2.45, 2.75) is 44.8 Å². The fourth-order valence-electron chi connectivity index (χ4n) is 3.57. The van der Waals surface area contributed by atoms with Gasteiger partial charge in [0, 0.05) is 33.2 Å². The first-order chi connectivity index (χ1) is 13.9. The van der Waals surface area contributed by atoms with Gasteiger partial charge >= 0.3 is 0 Å². The van der Waals surface area contributed by atoms with Crippen molar-refractivity contribution >= 4 is 11.6 Å². The van der Waals surface area contributed by atoms with Crippen molar-refractivity contribution in [2.24, 2.45) is 0 Å². The van der Waals surface area contributed by atoms with E-state index < -0.39 is 11.0 Å². The Bertz CT molecular complexity index is 677. The second-order valence-corrected chi connectivity index (χ2v) is 7.27. The number of aliphatic hydroxyl groups excluding tert-OH is 1. The molecule has 0 aromatic heterocycles. The highest BCUT2D eigenvalue weighted by Crippen LogP contribution is 2.29. The number of nitro benzene ring substituents is 1. The number of nitrogens with one attached hydrogen (secondary N) is 2. The molecule has 1 amide bonds. The summed E-state index contributed by atoms with van der Waals surface area (Å²) in [5.74, 6) is 0.485. The van der Waals surface area contributed by atoms with Crippen LogP contribution in [0.3, 0.4) is 0 Å². The molecule has 0 bridgehead atoms. The number of amides is 1. The number of carbonyl (C=O) groups is 1. The molecule has 1 aliphatic heterocycles. The third kappa shape index (κ3) is 6.95. The van der Waals surface area contributed by atoms with Crippen molar-refractivity contribution < 1.29 is 19.6 Å². The molecule has 2 unspecified atom stereocenters. The molecule has 0 radical (unpaired) electrons. The van der Waals surface area contributed by atoms with Crippen molar-refractivity contribution in [3.8, 4) is 5.75 Å². The minimum absolute atomic E-state index is 0.0636. The van der Waals surface area contributed by atoms with Crippen LogP contribution in [0, 0.1) is 10.1 Å². The molecular formula is C20H32N4O5. The number of hydrogen-bond acceptors (Lipinski definition) is 7. The van der Waals surface area contributed by atoms with Crippen LogP contribution >= 0.6 is 0 Å². The van der Waals surface area contributed by atoms with Crippen molar-refractivity contribution in [3.05, 3.63) is 33.9 Å². The third-order valence-electron chi connectivity index (χ3n) is 5.18. The lowest BCUT2D eigenvalue weighted by Crippen LogP contribution is -2.53. The molecule has 9 nitrogen and oxygen atoms in total. The van der Waals surface area contributed by atoms with Crippen LogP contribution < -0.4 is 15.4 Å². The average Bonchev–Trinajstić information content (AvgIpc) is 2.73. The Labute approximate surface area is 171 Å². The molecule has 1 aromatic rings. The molecule has 1 aromatic carbocycles. The zero-order chi connectivity index (χ0) is 21.2. The number of ether oxygens (including phenoxy) is 1. The Kier molecular flexibility index (Phi) is 9.30. The predicted molar refractivity (Wildman–Crippen MR) is 110 cm³/mol. The molecule has 9 heteroatoms. The van der Waals surface area contributed by atoms with Gasteiger partial charge in [-0.1, -0.05) is 6.42 Å². The molecule has 1 heterocycles. The number of piperazine rings is 1. The summed E-state index contributed by atoms with van der Waals surface area (Å²) in [4.78, 5) is 25.1. The van der Waals surface area contributed by atoms with Crippen molar-refractivity contribution in [3.63, 3.8) is 0 Å². The van der Waals surface area contributed by atoms with Gasteiger partial charge in [0.15, 0.2) is 0 Å². The topological polar surface area (TPSA) is 117 Å². The van der Waals surface area contributed by atoms with Crippen molar-refractivity contribution in [1.82, 2.24) is 15.5 Å². The lowest BCUT2D eigenvalue weighted by molar-refractivity contribution is -0.386. The molecule has 0 saturated carbocycles. The van der Waals surface area contributed by atoms with E-state index >= 15 is 0 Å². The van der Waals surface area contributed by atoms with Crippen LogP contribution in [0.25, 0.3) is 0 Å². The van der Waals surface area contributed by atoms with Gasteiger partial charge in [-0.2, -0.15) is 0 Å². The summed E-state index contributed by atoms with van der Waals surface area (Å²) in [5.41, 5.74) is 0.137. The molecular weight excluding hydrogens is 376 g/mol. The van der Waals surface area contributed by atoms with E-state index in [-0.39, 0.29) is 23.2 Å². The number of carbonyl (C=O) groups excluding carboxylic acids is 1. The van der Waals surface area contributed by atoms with Gasteiger partial charge in [0.1, 0.15) is 5.75 Å². The van der Waals surface area contributed by atoms with Gasteiger partial charge in [-0.3, -0.25) is 19.8 Å². The molecule has 162 valence electrons. The minimum atomic E-state index is -0.909. The van der Waals surface area contributed by atoms with E-state index in [2.05, 4.69) is 15.5 Å². The Balaban J connectivity index is 1.76. The van der Waals surface area contributed by atoms with E-state index in [9.17, 15) is 20.0 Å². The minimum Gasteiger partial charge on any atom is -0.493 e. The number of benzene rings is 1. The predicted octanol–water partition coefficient (Wildman–Crippen LogP) is 1.61. The van der Waals surface area contributed by atoms with Crippen LogP contribution in [-0.2, 0) is 4.79 Å². The second-order valence-electron chi connectivity index (χ2n) is 7.27. The van der Waals surface area contributed by atoms with Crippen molar-refractivity contribution in [2.75, 3.05) is 39.8 Å². The molecule has 0 spiro atoms. The van der Waals surface area contributed by atoms with Crippen LogP contribution in [0.15, 0.2) is 18.2 Å². The molecule has 3 N–H and O–H groups in total. The SMILES string of the molecule is CNC(=O)C(CCCCCOc1ccc(C(C)O)c([N+](=O)[O-])c1)N1CCNCC1. The molecule has 1 fully saturated rings. The van der Waals surface area contributed by atoms with Gasteiger partial charge in [-0.05, 0) is 38.3 Å². The van der Waals surface area contributed by atoms with Gasteiger partial charge in [-0.25, -0.2) is 0 Å². The summed E-state index contributed by atoms with van der Waals surface area (Å²) in [6.45, 7) is 5.51. The number of nitrogens with zero attached hydrogens (tertiary/aromatic N) is 2. The number of nitro groups is 1. The fourth-order valence-corrected chi connectivity index (χ4v) is 3.57. The first-order valence-electron chi connectivity index (χ1n) is 10.2. The van der Waals surface area contributed by atoms with Gasteiger partial charge < -0.3 is 20.5 Å². The number of unbranched alkanes of at least 4 members (excludes halogenated alkanes) is 2. The number of rotatable bonds is 11.